The van der Waals surface area contributed by atoms with Crippen molar-refractivity contribution >= 4 is 0 Å². The van der Waals surface area contributed by atoms with Crippen LogP contribution in [0.1, 0.15) is 29.0 Å². The van der Waals surface area contributed by atoms with Crippen molar-refractivity contribution in [1.29, 1.82) is 0 Å². The lowest BCUT2D eigenvalue weighted by Crippen LogP contribution is -2.05. The highest BCUT2D eigenvalue weighted by Gasteiger charge is 2.30. The molecule has 26 heavy (non-hydrogen) atoms. The summed E-state index contributed by atoms with van der Waals surface area (Å²) in [5.41, 5.74) is 0.185. The van der Waals surface area contributed by atoms with Gasteiger partial charge in [-0.1, -0.05) is 18.2 Å². The third-order valence-electron chi connectivity index (χ3n) is 3.84. The molecule has 0 saturated carbocycles. The van der Waals surface area contributed by atoms with E-state index in [0.29, 0.717) is 17.0 Å². The van der Waals surface area contributed by atoms with E-state index >= 15 is 0 Å². The number of aliphatic hydroxyl groups is 1. The summed E-state index contributed by atoms with van der Waals surface area (Å²) in [5, 5.41) is 17.7. The van der Waals surface area contributed by atoms with Crippen molar-refractivity contribution in [3.63, 3.8) is 0 Å². The Balaban J connectivity index is 1.87. The van der Waals surface area contributed by atoms with Crippen molar-refractivity contribution < 1.29 is 27.1 Å². The minimum Gasteiger partial charge on any atom is -0.425 e. The lowest BCUT2D eigenvalue weighted by molar-refractivity contribution is -0.137. The maximum absolute atomic E-state index is 14.1. The lowest BCUT2D eigenvalue weighted by Gasteiger charge is -2.13. The minimum atomic E-state index is -4.43. The van der Waals surface area contributed by atoms with E-state index in [1.165, 1.54) is 24.3 Å². The molecule has 0 amide bonds. The molecule has 1 heterocycles. The first-order valence-electron chi connectivity index (χ1n) is 7.68. The zero-order valence-corrected chi connectivity index (χ0v) is 13.6. The zero-order chi connectivity index (χ0) is 18.9. The van der Waals surface area contributed by atoms with Crippen LogP contribution in [0.15, 0.2) is 46.9 Å². The van der Waals surface area contributed by atoms with E-state index < -0.39 is 23.7 Å². The van der Waals surface area contributed by atoms with Crippen molar-refractivity contribution in [2.45, 2.75) is 25.6 Å². The molecule has 0 aliphatic rings. The van der Waals surface area contributed by atoms with Crippen LogP contribution in [0.2, 0.25) is 0 Å². The second-order valence-corrected chi connectivity index (χ2v) is 5.75. The average molecular weight is 366 g/mol. The van der Waals surface area contributed by atoms with Crippen molar-refractivity contribution in [2.24, 2.45) is 0 Å². The van der Waals surface area contributed by atoms with Gasteiger partial charge in [0.1, 0.15) is 5.82 Å². The fraction of sp³-hybridized carbons (Fsp3) is 0.222. The minimum absolute atomic E-state index is 0.00162. The Kier molecular flexibility index (Phi) is 4.78. The molecule has 1 N–H and O–H groups in total. The highest BCUT2D eigenvalue weighted by molar-refractivity contribution is 5.64. The maximum Gasteiger partial charge on any atom is 0.416 e. The first-order valence-corrected chi connectivity index (χ1v) is 7.68. The SMILES string of the molecule is Cc1nnc(CC(O)c2cc(-c3ccc(C(F)(F)F)cc3)ccc2F)o1. The van der Waals surface area contributed by atoms with E-state index in [1.807, 2.05) is 0 Å². The summed E-state index contributed by atoms with van der Waals surface area (Å²) in [6, 6.07) is 8.49. The molecule has 0 aliphatic carbocycles. The number of alkyl halides is 3. The van der Waals surface area contributed by atoms with E-state index in [2.05, 4.69) is 10.2 Å². The molecule has 1 unspecified atom stereocenters. The fourth-order valence-corrected chi connectivity index (χ4v) is 2.53. The van der Waals surface area contributed by atoms with Gasteiger partial charge in [0.2, 0.25) is 11.8 Å². The van der Waals surface area contributed by atoms with Crippen LogP contribution in [0.4, 0.5) is 17.6 Å². The Hall–Kier alpha value is -2.74. The van der Waals surface area contributed by atoms with E-state index in [1.54, 1.807) is 6.92 Å². The molecule has 2 aromatic carbocycles. The molecule has 0 saturated heterocycles. The molecule has 0 aliphatic heterocycles. The summed E-state index contributed by atoms with van der Waals surface area (Å²) in [6.07, 6.45) is -5.73. The quantitative estimate of drug-likeness (QED) is 0.692. The van der Waals surface area contributed by atoms with Crippen LogP contribution in [-0.4, -0.2) is 15.3 Å². The van der Waals surface area contributed by atoms with Crippen molar-refractivity contribution in [3.05, 3.63) is 71.2 Å². The molecule has 8 heteroatoms. The average Bonchev–Trinajstić information content (AvgIpc) is 2.99. The van der Waals surface area contributed by atoms with Crippen LogP contribution >= 0.6 is 0 Å². The third-order valence-corrected chi connectivity index (χ3v) is 3.84. The van der Waals surface area contributed by atoms with Crippen molar-refractivity contribution in [2.75, 3.05) is 0 Å². The second-order valence-electron chi connectivity index (χ2n) is 5.75. The second kappa shape index (κ2) is 6.87. The van der Waals surface area contributed by atoms with Crippen molar-refractivity contribution in [1.82, 2.24) is 10.2 Å². The zero-order valence-electron chi connectivity index (χ0n) is 13.6. The van der Waals surface area contributed by atoms with Crippen LogP contribution in [0, 0.1) is 12.7 Å². The van der Waals surface area contributed by atoms with Crippen molar-refractivity contribution in [3.8, 4) is 11.1 Å². The summed E-state index contributed by atoms with van der Waals surface area (Å²) >= 11 is 0. The molecule has 0 radical (unpaired) electrons. The molecule has 1 aromatic heterocycles. The third kappa shape index (κ3) is 3.91. The van der Waals surface area contributed by atoms with Gasteiger partial charge < -0.3 is 9.52 Å². The Morgan fingerprint density at radius 2 is 1.69 bits per heavy atom. The molecule has 3 aromatic rings. The van der Waals surface area contributed by atoms with E-state index in [0.717, 1.165) is 18.2 Å². The van der Waals surface area contributed by atoms with Crippen LogP contribution < -0.4 is 0 Å². The molecule has 1 atom stereocenters. The Morgan fingerprint density at radius 3 is 2.27 bits per heavy atom. The molecular weight excluding hydrogens is 352 g/mol. The molecule has 136 valence electrons. The molecule has 0 spiro atoms. The Morgan fingerprint density at radius 1 is 1.04 bits per heavy atom. The molecule has 0 bridgehead atoms. The molecule has 4 nitrogen and oxygen atoms in total. The monoisotopic (exact) mass is 366 g/mol. The van der Waals surface area contributed by atoms with Gasteiger partial charge in [0.05, 0.1) is 18.1 Å². The first kappa shape index (κ1) is 18.1. The summed E-state index contributed by atoms with van der Waals surface area (Å²) in [6.45, 7) is 1.59. The van der Waals surface area contributed by atoms with Gasteiger partial charge in [-0.15, -0.1) is 10.2 Å². The number of aromatic nitrogens is 2. The highest BCUT2D eigenvalue weighted by atomic mass is 19.4. The number of nitrogens with zero attached hydrogens (tertiary/aromatic N) is 2. The summed E-state index contributed by atoms with van der Waals surface area (Å²) in [7, 11) is 0. The number of hydrogen-bond acceptors (Lipinski definition) is 4. The van der Waals surface area contributed by atoms with Crippen LogP contribution in [0.5, 0.6) is 0 Å². The number of rotatable bonds is 4. The van der Waals surface area contributed by atoms with Gasteiger partial charge in [-0.3, -0.25) is 0 Å². The Bertz CT molecular complexity index is 904. The van der Waals surface area contributed by atoms with Gasteiger partial charge in [-0.2, -0.15) is 13.2 Å². The standard InChI is InChI=1S/C18H14F4N2O2/c1-10-23-24-17(26-10)9-16(25)14-8-12(4-7-15(14)19)11-2-5-13(6-3-11)18(20,21)22/h2-8,16,25H,9H2,1H3. The van der Waals surface area contributed by atoms with E-state index in [-0.39, 0.29) is 17.9 Å². The van der Waals surface area contributed by atoms with Gasteiger partial charge in [0.25, 0.3) is 0 Å². The van der Waals surface area contributed by atoms with Gasteiger partial charge >= 0.3 is 6.18 Å². The predicted molar refractivity (Wildman–Crippen MR) is 84.5 cm³/mol. The molecular formula is C18H14F4N2O2. The summed E-state index contributed by atoms with van der Waals surface area (Å²) in [5.74, 6) is -0.148. The normalized spacial score (nSPS) is 13.0. The number of hydrogen-bond donors (Lipinski definition) is 1. The number of benzene rings is 2. The number of aryl methyl sites for hydroxylation is 1. The molecule has 0 fully saturated rings. The Labute approximate surface area is 146 Å². The summed E-state index contributed by atoms with van der Waals surface area (Å²) < 4.78 is 57.2. The van der Waals surface area contributed by atoms with Crippen LogP contribution in [0.25, 0.3) is 11.1 Å². The number of halogens is 4. The van der Waals surface area contributed by atoms with Gasteiger partial charge in [-0.25, -0.2) is 4.39 Å². The smallest absolute Gasteiger partial charge is 0.416 e. The summed E-state index contributed by atoms with van der Waals surface area (Å²) in [4.78, 5) is 0. The predicted octanol–water partition coefficient (Wildman–Crippen LogP) is 4.48. The maximum atomic E-state index is 14.1. The van der Waals surface area contributed by atoms with Crippen LogP contribution in [0.3, 0.4) is 0 Å². The van der Waals surface area contributed by atoms with Crippen LogP contribution in [-0.2, 0) is 12.6 Å². The largest absolute Gasteiger partial charge is 0.425 e. The van der Waals surface area contributed by atoms with Gasteiger partial charge in [0.15, 0.2) is 0 Å². The fourth-order valence-electron chi connectivity index (χ4n) is 2.53. The van der Waals surface area contributed by atoms with Gasteiger partial charge in [-0.05, 0) is 35.4 Å². The first-order chi connectivity index (χ1) is 12.2. The van der Waals surface area contributed by atoms with E-state index in [9.17, 15) is 22.7 Å². The van der Waals surface area contributed by atoms with E-state index in [4.69, 9.17) is 4.42 Å². The molecule has 3 rings (SSSR count). The highest BCUT2D eigenvalue weighted by Crippen LogP contribution is 2.32. The number of aliphatic hydroxyl groups excluding tert-OH is 1. The topological polar surface area (TPSA) is 59.2 Å². The lowest BCUT2D eigenvalue weighted by atomic mass is 9.98. The van der Waals surface area contributed by atoms with Gasteiger partial charge in [0, 0.05) is 12.5 Å².